The first-order valence-corrected chi connectivity index (χ1v) is 11.5. The smallest absolute Gasteiger partial charge is 0.125 e. The Labute approximate surface area is 185 Å². The van der Waals surface area contributed by atoms with Crippen molar-refractivity contribution in [3.05, 3.63) is 96.1 Å². The minimum atomic E-state index is -1.07. The predicted octanol–water partition coefficient (Wildman–Crippen LogP) is 5.80. The Morgan fingerprint density at radius 3 is 2.10 bits per heavy atom. The summed E-state index contributed by atoms with van der Waals surface area (Å²) in [6.07, 6.45) is 2.36. The third-order valence-electron chi connectivity index (χ3n) is 6.92. The molecule has 31 heavy (non-hydrogen) atoms. The van der Waals surface area contributed by atoms with Gasteiger partial charge in [0.05, 0.1) is 0 Å². The van der Waals surface area contributed by atoms with E-state index in [0.717, 1.165) is 26.1 Å². The summed E-state index contributed by atoms with van der Waals surface area (Å²) in [5.74, 6) is 0.559. The van der Waals surface area contributed by atoms with Crippen LogP contribution in [0.1, 0.15) is 36.3 Å². The molecule has 2 fully saturated rings. The number of benzene rings is 3. The van der Waals surface area contributed by atoms with Crippen LogP contribution < -0.4 is 5.32 Å². The van der Waals surface area contributed by atoms with Gasteiger partial charge in [-0.15, -0.1) is 0 Å². The van der Waals surface area contributed by atoms with Gasteiger partial charge in [-0.1, -0.05) is 84.9 Å². The fraction of sp³-hybridized carbons (Fsp3) is 0.357. The Morgan fingerprint density at radius 1 is 0.806 bits per heavy atom. The van der Waals surface area contributed by atoms with Crippen molar-refractivity contribution in [1.29, 1.82) is 0 Å². The summed E-state index contributed by atoms with van der Waals surface area (Å²) in [5.41, 5.74) is 4.09. The van der Waals surface area contributed by atoms with Gasteiger partial charge in [-0.05, 0) is 41.5 Å². The summed E-state index contributed by atoms with van der Waals surface area (Å²) in [4.78, 5) is 2.39. The van der Waals surface area contributed by atoms with Gasteiger partial charge in [0.15, 0.2) is 0 Å². The van der Waals surface area contributed by atoms with Gasteiger partial charge >= 0.3 is 0 Å². The maximum absolute atomic E-state index is 15.4. The van der Waals surface area contributed by atoms with E-state index in [0.29, 0.717) is 31.3 Å². The Morgan fingerprint density at radius 2 is 1.42 bits per heavy atom. The van der Waals surface area contributed by atoms with Crippen LogP contribution in [0.15, 0.2) is 84.9 Å². The summed E-state index contributed by atoms with van der Waals surface area (Å²) in [5, 5.41) is 3.51. The van der Waals surface area contributed by atoms with Gasteiger partial charge in [-0.3, -0.25) is 4.90 Å². The molecule has 1 N–H and O–H groups in total. The fourth-order valence-electron chi connectivity index (χ4n) is 4.78. The second kappa shape index (κ2) is 8.94. The van der Waals surface area contributed by atoms with Gasteiger partial charge in [0.1, 0.15) is 5.67 Å². The molecule has 2 aliphatic rings. The lowest BCUT2D eigenvalue weighted by Gasteiger charge is -2.36. The van der Waals surface area contributed by atoms with Crippen molar-refractivity contribution < 1.29 is 4.39 Å². The molecule has 2 unspecified atom stereocenters. The molecule has 2 nitrogen and oxygen atoms in total. The van der Waals surface area contributed by atoms with Crippen molar-refractivity contribution >= 4 is 0 Å². The summed E-state index contributed by atoms with van der Waals surface area (Å²) >= 11 is 0. The molecule has 3 aromatic rings. The highest BCUT2D eigenvalue weighted by Crippen LogP contribution is 2.41. The largest absolute Gasteiger partial charge is 0.310 e. The minimum Gasteiger partial charge on any atom is -0.310 e. The average Bonchev–Trinajstić information content (AvgIpc) is 3.61. The van der Waals surface area contributed by atoms with E-state index >= 15 is 4.39 Å². The van der Waals surface area contributed by atoms with E-state index in [1.54, 1.807) is 0 Å². The topological polar surface area (TPSA) is 15.3 Å². The monoisotopic (exact) mass is 414 g/mol. The number of piperidine rings is 1. The van der Waals surface area contributed by atoms with E-state index in [2.05, 4.69) is 89.1 Å². The van der Waals surface area contributed by atoms with Crippen molar-refractivity contribution in [3.8, 4) is 11.1 Å². The van der Waals surface area contributed by atoms with Crippen LogP contribution in [0.4, 0.5) is 4.39 Å². The zero-order valence-corrected chi connectivity index (χ0v) is 18.0. The molecule has 1 aliphatic carbocycles. The zero-order chi connectivity index (χ0) is 21.1. The van der Waals surface area contributed by atoms with Crippen LogP contribution >= 0.6 is 0 Å². The highest BCUT2D eigenvalue weighted by molar-refractivity contribution is 5.63. The van der Waals surface area contributed by atoms with E-state index in [-0.39, 0.29) is 0 Å². The van der Waals surface area contributed by atoms with Gasteiger partial charge in [-0.25, -0.2) is 4.39 Å². The summed E-state index contributed by atoms with van der Waals surface area (Å²) in [7, 11) is 0. The van der Waals surface area contributed by atoms with E-state index < -0.39 is 5.67 Å². The highest BCUT2D eigenvalue weighted by Gasteiger charge is 2.41. The maximum Gasteiger partial charge on any atom is 0.125 e. The highest BCUT2D eigenvalue weighted by atomic mass is 19.1. The molecule has 5 rings (SSSR count). The van der Waals surface area contributed by atoms with E-state index in [4.69, 9.17) is 0 Å². The van der Waals surface area contributed by atoms with E-state index in [9.17, 15) is 0 Å². The van der Waals surface area contributed by atoms with Crippen LogP contribution in [-0.4, -0.2) is 36.2 Å². The quantitative estimate of drug-likeness (QED) is 0.525. The van der Waals surface area contributed by atoms with Crippen molar-refractivity contribution in [1.82, 2.24) is 10.2 Å². The van der Waals surface area contributed by atoms with Crippen molar-refractivity contribution in [2.24, 2.45) is 0 Å². The van der Waals surface area contributed by atoms with Crippen LogP contribution in [-0.2, 0) is 6.54 Å². The lowest BCUT2D eigenvalue weighted by atomic mass is 9.92. The van der Waals surface area contributed by atoms with Crippen LogP contribution in [0, 0.1) is 0 Å². The van der Waals surface area contributed by atoms with Crippen LogP contribution in [0.3, 0.4) is 0 Å². The molecule has 160 valence electrons. The molecule has 3 aromatic carbocycles. The number of nitrogens with one attached hydrogen (secondary N) is 1. The van der Waals surface area contributed by atoms with Gasteiger partial charge in [0.2, 0.25) is 0 Å². The van der Waals surface area contributed by atoms with Gasteiger partial charge in [0, 0.05) is 38.1 Å². The number of likely N-dealkylation sites (tertiary alicyclic amines) is 1. The first-order chi connectivity index (χ1) is 15.2. The first-order valence-electron chi connectivity index (χ1n) is 11.5. The molecule has 1 saturated carbocycles. The van der Waals surface area contributed by atoms with E-state index in [1.165, 1.54) is 22.3 Å². The normalized spacial score (nSPS) is 22.9. The number of halogens is 1. The second-order valence-electron chi connectivity index (χ2n) is 9.23. The second-order valence-corrected chi connectivity index (χ2v) is 9.23. The number of alkyl halides is 1. The molecule has 0 radical (unpaired) electrons. The van der Waals surface area contributed by atoms with Crippen LogP contribution in [0.2, 0.25) is 0 Å². The Kier molecular flexibility index (Phi) is 5.89. The summed E-state index contributed by atoms with van der Waals surface area (Å²) < 4.78 is 15.4. The standard InChI is InChI=1S/C28H31FN2/c29-28(21-30-27-19-26(27)25-9-5-2-6-10-25)15-17-31(18-16-28)20-22-11-13-24(14-12-22)23-7-3-1-4-8-23/h1-14,26-27,30H,15-21H2. The minimum absolute atomic E-state index is 0.441. The lowest BCUT2D eigenvalue weighted by Crippen LogP contribution is -2.47. The molecule has 1 aliphatic heterocycles. The molecule has 0 aromatic heterocycles. The number of rotatable bonds is 7. The Balaban J connectivity index is 1.08. The lowest BCUT2D eigenvalue weighted by molar-refractivity contribution is 0.0544. The molecule has 3 heteroatoms. The number of hydrogen-bond acceptors (Lipinski definition) is 2. The van der Waals surface area contributed by atoms with Gasteiger partial charge in [-0.2, -0.15) is 0 Å². The third-order valence-corrected chi connectivity index (χ3v) is 6.92. The SMILES string of the molecule is FC1(CNC2CC2c2ccccc2)CCN(Cc2ccc(-c3ccccc3)cc2)CC1. The maximum atomic E-state index is 15.4. The molecular formula is C28H31FN2. The third kappa shape index (κ3) is 5.06. The molecule has 1 heterocycles. The molecular weight excluding hydrogens is 383 g/mol. The summed E-state index contributed by atoms with van der Waals surface area (Å²) in [6, 6.07) is 30.3. The van der Waals surface area contributed by atoms with Gasteiger partial charge < -0.3 is 5.32 Å². The molecule has 0 spiro atoms. The zero-order valence-electron chi connectivity index (χ0n) is 18.0. The average molecular weight is 415 g/mol. The fourth-order valence-corrected chi connectivity index (χ4v) is 4.78. The van der Waals surface area contributed by atoms with Crippen molar-refractivity contribution in [2.45, 2.75) is 43.4 Å². The van der Waals surface area contributed by atoms with Crippen LogP contribution in [0.25, 0.3) is 11.1 Å². The Bertz CT molecular complexity index is 963. The van der Waals surface area contributed by atoms with Gasteiger partial charge in [0.25, 0.3) is 0 Å². The first kappa shape index (κ1) is 20.4. The van der Waals surface area contributed by atoms with Crippen LogP contribution in [0.5, 0.6) is 0 Å². The molecule has 0 amide bonds. The number of hydrogen-bond donors (Lipinski definition) is 1. The Hall–Kier alpha value is -2.49. The van der Waals surface area contributed by atoms with E-state index in [1.807, 2.05) is 6.07 Å². The molecule has 2 atom stereocenters. The molecule has 1 saturated heterocycles. The van der Waals surface area contributed by atoms with Crippen molar-refractivity contribution in [2.75, 3.05) is 19.6 Å². The number of nitrogens with zero attached hydrogens (tertiary/aromatic N) is 1. The summed E-state index contributed by atoms with van der Waals surface area (Å²) in [6.45, 7) is 3.04. The molecule has 0 bridgehead atoms. The predicted molar refractivity (Wildman–Crippen MR) is 126 cm³/mol. The van der Waals surface area contributed by atoms with Crippen molar-refractivity contribution in [3.63, 3.8) is 0 Å².